The van der Waals surface area contributed by atoms with Gasteiger partial charge in [0.05, 0.1) is 12.4 Å². The van der Waals surface area contributed by atoms with Crippen molar-refractivity contribution in [3.63, 3.8) is 0 Å². The summed E-state index contributed by atoms with van der Waals surface area (Å²) in [4.78, 5) is 0. The zero-order valence-electron chi connectivity index (χ0n) is 8.51. The van der Waals surface area contributed by atoms with Crippen LogP contribution in [0.5, 0.6) is 0 Å². The lowest BCUT2D eigenvalue weighted by Crippen LogP contribution is -2.42. The van der Waals surface area contributed by atoms with Crippen molar-refractivity contribution in [3.05, 3.63) is 0 Å². The third kappa shape index (κ3) is 2.42. The van der Waals surface area contributed by atoms with Crippen molar-refractivity contribution < 1.29 is 13.5 Å². The van der Waals surface area contributed by atoms with Crippen LogP contribution in [0.25, 0.3) is 0 Å². The number of sulfonamides is 1. The second-order valence-corrected chi connectivity index (χ2v) is 6.60. The lowest BCUT2D eigenvalue weighted by Gasteiger charge is -2.28. The number of thioether (sulfide) groups is 1. The topological polar surface area (TPSA) is 57.6 Å². The van der Waals surface area contributed by atoms with Gasteiger partial charge in [-0.3, -0.25) is 0 Å². The number of rotatable bonds is 4. The molecule has 0 aromatic heterocycles. The maximum Gasteiger partial charge on any atom is 0.214 e. The molecule has 1 rings (SSSR count). The minimum absolute atomic E-state index is 0.0222. The van der Waals surface area contributed by atoms with Crippen LogP contribution in [0.4, 0.5) is 0 Å². The molecular formula is C8H17NO3S2. The standard InChI is InChI=1S/C8H17NO3S2/c1-7(8(6-10)13-2)9-4-3-5-14(9,11)12/h7-8,10H,3-6H2,1-2H3. The summed E-state index contributed by atoms with van der Waals surface area (Å²) in [6.07, 6.45) is 2.60. The summed E-state index contributed by atoms with van der Waals surface area (Å²) in [5.74, 6) is 0.254. The maximum absolute atomic E-state index is 11.6. The van der Waals surface area contributed by atoms with Crippen LogP contribution in [0.1, 0.15) is 13.3 Å². The number of nitrogens with zero attached hydrogens (tertiary/aromatic N) is 1. The van der Waals surface area contributed by atoms with Crippen LogP contribution < -0.4 is 0 Å². The van der Waals surface area contributed by atoms with Crippen molar-refractivity contribution in [1.82, 2.24) is 4.31 Å². The number of aliphatic hydroxyl groups excluding tert-OH is 1. The first-order chi connectivity index (χ1) is 6.53. The minimum atomic E-state index is -3.04. The number of aliphatic hydroxyl groups is 1. The average molecular weight is 239 g/mol. The highest BCUT2D eigenvalue weighted by Crippen LogP contribution is 2.23. The molecule has 14 heavy (non-hydrogen) atoms. The Morgan fingerprint density at radius 2 is 2.21 bits per heavy atom. The molecule has 0 saturated carbocycles. The Morgan fingerprint density at radius 1 is 1.57 bits per heavy atom. The van der Waals surface area contributed by atoms with E-state index in [9.17, 15) is 8.42 Å². The molecule has 2 atom stereocenters. The summed E-state index contributed by atoms with van der Waals surface area (Å²) < 4.78 is 24.7. The van der Waals surface area contributed by atoms with Crippen LogP contribution in [0.15, 0.2) is 0 Å². The van der Waals surface area contributed by atoms with E-state index in [1.165, 1.54) is 16.1 Å². The molecule has 0 bridgehead atoms. The van der Waals surface area contributed by atoms with E-state index in [0.717, 1.165) is 0 Å². The maximum atomic E-state index is 11.6. The van der Waals surface area contributed by atoms with Crippen molar-refractivity contribution in [2.75, 3.05) is 25.2 Å². The molecule has 0 radical (unpaired) electrons. The van der Waals surface area contributed by atoms with Crippen LogP contribution in [-0.4, -0.2) is 54.3 Å². The third-order valence-electron chi connectivity index (χ3n) is 2.61. The van der Waals surface area contributed by atoms with Gasteiger partial charge in [-0.05, 0) is 19.6 Å². The SMILES string of the molecule is CSC(CO)C(C)N1CCCS1(=O)=O. The lowest BCUT2D eigenvalue weighted by molar-refractivity contribution is 0.247. The molecule has 0 aromatic carbocycles. The zero-order valence-corrected chi connectivity index (χ0v) is 10.1. The first kappa shape index (κ1) is 12.3. The second kappa shape index (κ2) is 4.83. The van der Waals surface area contributed by atoms with Crippen molar-refractivity contribution in [2.24, 2.45) is 0 Å². The zero-order chi connectivity index (χ0) is 10.8. The Kier molecular flexibility index (Phi) is 4.24. The molecule has 6 heteroatoms. The van der Waals surface area contributed by atoms with Gasteiger partial charge in [-0.1, -0.05) is 0 Å². The van der Waals surface area contributed by atoms with Gasteiger partial charge < -0.3 is 5.11 Å². The predicted molar refractivity (Wildman–Crippen MR) is 59.0 cm³/mol. The highest BCUT2D eigenvalue weighted by molar-refractivity contribution is 7.99. The Hall–Kier alpha value is 0.220. The molecule has 4 nitrogen and oxygen atoms in total. The van der Waals surface area contributed by atoms with E-state index in [1.807, 2.05) is 13.2 Å². The third-order valence-corrected chi connectivity index (χ3v) is 5.80. The number of hydrogen-bond acceptors (Lipinski definition) is 4. The summed E-state index contributed by atoms with van der Waals surface area (Å²) in [5, 5.41) is 9.06. The summed E-state index contributed by atoms with van der Waals surface area (Å²) in [6, 6.07) is -0.109. The molecule has 1 saturated heterocycles. The monoisotopic (exact) mass is 239 g/mol. The predicted octanol–water partition coefficient (Wildman–Crippen LogP) is 0.134. The second-order valence-electron chi connectivity index (χ2n) is 3.48. The fraction of sp³-hybridized carbons (Fsp3) is 1.00. The molecule has 1 heterocycles. The van der Waals surface area contributed by atoms with Gasteiger partial charge in [0.25, 0.3) is 0 Å². The normalized spacial score (nSPS) is 26.2. The molecule has 0 amide bonds. The number of hydrogen-bond donors (Lipinski definition) is 1. The van der Waals surface area contributed by atoms with Crippen LogP contribution in [-0.2, 0) is 10.0 Å². The first-order valence-electron chi connectivity index (χ1n) is 4.66. The van der Waals surface area contributed by atoms with Gasteiger partial charge in [0, 0.05) is 17.8 Å². The van der Waals surface area contributed by atoms with E-state index in [-0.39, 0.29) is 23.7 Å². The van der Waals surface area contributed by atoms with Crippen molar-refractivity contribution in [1.29, 1.82) is 0 Å². The van der Waals surface area contributed by atoms with E-state index < -0.39 is 10.0 Å². The van der Waals surface area contributed by atoms with Crippen LogP contribution in [0.2, 0.25) is 0 Å². The summed E-state index contributed by atoms with van der Waals surface area (Å²) in [5.41, 5.74) is 0. The minimum Gasteiger partial charge on any atom is -0.395 e. The largest absolute Gasteiger partial charge is 0.395 e. The van der Waals surface area contributed by atoms with Crippen molar-refractivity contribution >= 4 is 21.8 Å². The van der Waals surface area contributed by atoms with Gasteiger partial charge in [0.1, 0.15) is 0 Å². The molecule has 1 aliphatic heterocycles. The lowest BCUT2D eigenvalue weighted by atomic mass is 10.2. The highest BCUT2D eigenvalue weighted by Gasteiger charge is 2.35. The smallest absolute Gasteiger partial charge is 0.214 e. The molecule has 0 aliphatic carbocycles. The van der Waals surface area contributed by atoms with Crippen molar-refractivity contribution in [2.45, 2.75) is 24.6 Å². The van der Waals surface area contributed by atoms with Gasteiger partial charge in [-0.15, -0.1) is 0 Å². The quantitative estimate of drug-likeness (QED) is 0.758. The highest BCUT2D eigenvalue weighted by atomic mass is 32.2. The van der Waals surface area contributed by atoms with E-state index in [2.05, 4.69) is 0 Å². The average Bonchev–Trinajstić information content (AvgIpc) is 2.47. The Balaban J connectivity index is 2.73. The summed E-state index contributed by atoms with van der Waals surface area (Å²) in [6.45, 7) is 2.48. The molecule has 84 valence electrons. The fourth-order valence-electron chi connectivity index (χ4n) is 1.73. The fourth-order valence-corrected chi connectivity index (χ4v) is 4.28. The van der Waals surface area contributed by atoms with Gasteiger partial charge in [0.15, 0.2) is 0 Å². The first-order valence-corrected chi connectivity index (χ1v) is 7.56. The molecule has 1 aliphatic rings. The summed E-state index contributed by atoms with van der Waals surface area (Å²) >= 11 is 1.51. The van der Waals surface area contributed by atoms with E-state index in [1.54, 1.807) is 0 Å². The van der Waals surface area contributed by atoms with Gasteiger partial charge in [-0.25, -0.2) is 8.42 Å². The van der Waals surface area contributed by atoms with Gasteiger partial charge in [0.2, 0.25) is 10.0 Å². The molecule has 1 N–H and O–H groups in total. The Labute approximate surface area is 89.7 Å². The molecule has 1 fully saturated rings. The van der Waals surface area contributed by atoms with Gasteiger partial charge in [-0.2, -0.15) is 16.1 Å². The van der Waals surface area contributed by atoms with E-state index >= 15 is 0 Å². The van der Waals surface area contributed by atoms with Crippen LogP contribution >= 0.6 is 11.8 Å². The van der Waals surface area contributed by atoms with Crippen molar-refractivity contribution in [3.8, 4) is 0 Å². The summed E-state index contributed by atoms with van der Waals surface area (Å²) in [7, 11) is -3.04. The molecule has 0 spiro atoms. The van der Waals surface area contributed by atoms with Crippen LogP contribution in [0.3, 0.4) is 0 Å². The molecule has 0 aromatic rings. The van der Waals surface area contributed by atoms with Crippen LogP contribution in [0, 0.1) is 0 Å². The Morgan fingerprint density at radius 3 is 2.57 bits per heavy atom. The molecule has 2 unspecified atom stereocenters. The Bertz CT molecular complexity index is 274. The molecular weight excluding hydrogens is 222 g/mol. The van der Waals surface area contributed by atoms with E-state index in [4.69, 9.17) is 5.11 Å². The van der Waals surface area contributed by atoms with E-state index in [0.29, 0.717) is 13.0 Å². The van der Waals surface area contributed by atoms with Gasteiger partial charge >= 0.3 is 0 Å².